The summed E-state index contributed by atoms with van der Waals surface area (Å²) in [5, 5.41) is 3.02. The standard InChI is InChI=1S/C20H32N2O4/c1-4-11-26-20(9-7-5-6-8-10-20)19(23)22-17-14-16(2)18(21-15-17)25-13-12-24-3/h14-15H,4-13H2,1-3H3,(H,22,23). The number of carbonyl (C=O) groups excluding carboxylic acids is 1. The first-order valence-electron chi connectivity index (χ1n) is 9.65. The molecule has 0 radical (unpaired) electrons. The fraction of sp³-hybridized carbons (Fsp3) is 0.700. The van der Waals surface area contributed by atoms with E-state index in [9.17, 15) is 4.79 Å². The largest absolute Gasteiger partial charge is 0.475 e. The highest BCUT2D eigenvalue weighted by Gasteiger charge is 2.39. The zero-order chi connectivity index (χ0) is 18.8. The molecule has 0 bridgehead atoms. The van der Waals surface area contributed by atoms with Gasteiger partial charge in [0.15, 0.2) is 0 Å². The van der Waals surface area contributed by atoms with Crippen LogP contribution in [0.3, 0.4) is 0 Å². The highest BCUT2D eigenvalue weighted by Crippen LogP contribution is 2.32. The maximum absolute atomic E-state index is 13.0. The second kappa shape index (κ2) is 10.5. The Morgan fingerprint density at radius 3 is 2.54 bits per heavy atom. The van der Waals surface area contributed by atoms with Gasteiger partial charge in [-0.1, -0.05) is 32.6 Å². The molecule has 146 valence electrons. The van der Waals surface area contributed by atoms with Crippen LogP contribution in [0.25, 0.3) is 0 Å². The van der Waals surface area contributed by atoms with Gasteiger partial charge < -0.3 is 19.5 Å². The van der Waals surface area contributed by atoms with Gasteiger partial charge in [-0.15, -0.1) is 0 Å². The molecule has 26 heavy (non-hydrogen) atoms. The lowest BCUT2D eigenvalue weighted by atomic mass is 9.92. The molecule has 6 nitrogen and oxygen atoms in total. The Balaban J connectivity index is 2.06. The Labute approximate surface area is 156 Å². The summed E-state index contributed by atoms with van der Waals surface area (Å²) >= 11 is 0. The Morgan fingerprint density at radius 1 is 1.19 bits per heavy atom. The molecule has 1 amide bonds. The number of hydrogen-bond donors (Lipinski definition) is 1. The van der Waals surface area contributed by atoms with Crippen LogP contribution in [-0.4, -0.2) is 43.4 Å². The van der Waals surface area contributed by atoms with Crippen molar-refractivity contribution in [3.8, 4) is 5.88 Å². The highest BCUT2D eigenvalue weighted by molar-refractivity contribution is 5.97. The summed E-state index contributed by atoms with van der Waals surface area (Å²) in [6, 6.07) is 1.89. The van der Waals surface area contributed by atoms with Gasteiger partial charge in [-0.05, 0) is 32.3 Å². The molecule has 0 saturated heterocycles. The summed E-state index contributed by atoms with van der Waals surface area (Å²) in [6.45, 7) is 5.55. The van der Waals surface area contributed by atoms with Gasteiger partial charge in [-0.2, -0.15) is 0 Å². The number of aromatic nitrogens is 1. The summed E-state index contributed by atoms with van der Waals surface area (Å²) in [7, 11) is 1.63. The third kappa shape index (κ3) is 5.68. The minimum atomic E-state index is -0.714. The first-order valence-corrected chi connectivity index (χ1v) is 9.65. The molecular formula is C20H32N2O4. The van der Waals surface area contributed by atoms with E-state index in [0.717, 1.165) is 37.7 Å². The number of aryl methyl sites for hydroxylation is 1. The molecule has 1 N–H and O–H groups in total. The molecule has 1 aromatic heterocycles. The number of carbonyl (C=O) groups is 1. The Hall–Kier alpha value is -1.66. The lowest BCUT2D eigenvalue weighted by Gasteiger charge is -2.31. The zero-order valence-corrected chi connectivity index (χ0v) is 16.3. The van der Waals surface area contributed by atoms with Crippen molar-refractivity contribution < 1.29 is 19.0 Å². The predicted molar refractivity (Wildman–Crippen MR) is 102 cm³/mol. The first-order chi connectivity index (χ1) is 12.6. The van der Waals surface area contributed by atoms with Crippen molar-refractivity contribution in [1.29, 1.82) is 0 Å². The molecule has 0 aromatic carbocycles. The number of methoxy groups -OCH3 is 1. The van der Waals surface area contributed by atoms with Crippen molar-refractivity contribution >= 4 is 11.6 Å². The minimum Gasteiger partial charge on any atom is -0.475 e. The van der Waals surface area contributed by atoms with E-state index in [1.807, 2.05) is 13.0 Å². The number of rotatable bonds is 9. The topological polar surface area (TPSA) is 69.7 Å². The van der Waals surface area contributed by atoms with Gasteiger partial charge in [-0.25, -0.2) is 4.98 Å². The van der Waals surface area contributed by atoms with Crippen molar-refractivity contribution in [3.63, 3.8) is 0 Å². The van der Waals surface area contributed by atoms with Crippen molar-refractivity contribution in [2.75, 3.05) is 32.2 Å². The monoisotopic (exact) mass is 364 g/mol. The van der Waals surface area contributed by atoms with Crippen LogP contribution in [0.15, 0.2) is 12.3 Å². The Kier molecular flexibility index (Phi) is 8.32. The number of hydrogen-bond acceptors (Lipinski definition) is 5. The van der Waals surface area contributed by atoms with Crippen LogP contribution in [0, 0.1) is 6.92 Å². The lowest BCUT2D eigenvalue weighted by Crippen LogP contribution is -2.45. The van der Waals surface area contributed by atoms with Crippen LogP contribution in [-0.2, 0) is 14.3 Å². The lowest BCUT2D eigenvalue weighted by molar-refractivity contribution is -0.143. The normalized spacial score (nSPS) is 16.7. The predicted octanol–water partition coefficient (Wildman–Crippen LogP) is 3.87. The first kappa shape index (κ1) is 20.6. The summed E-state index contributed by atoms with van der Waals surface area (Å²) in [5.41, 5.74) is 0.840. The van der Waals surface area contributed by atoms with E-state index in [1.54, 1.807) is 13.3 Å². The van der Waals surface area contributed by atoms with Crippen molar-refractivity contribution in [2.24, 2.45) is 0 Å². The average molecular weight is 364 g/mol. The van der Waals surface area contributed by atoms with Crippen LogP contribution >= 0.6 is 0 Å². The molecule has 6 heteroatoms. The summed E-state index contributed by atoms with van der Waals surface area (Å²) in [5.74, 6) is 0.508. The van der Waals surface area contributed by atoms with Crippen LogP contribution in [0.2, 0.25) is 0 Å². The highest BCUT2D eigenvalue weighted by atomic mass is 16.5. The SMILES string of the molecule is CCCOC1(C(=O)Nc2cnc(OCCOC)c(C)c2)CCCCCC1. The molecule has 0 spiro atoms. The zero-order valence-electron chi connectivity index (χ0n) is 16.3. The molecule has 1 fully saturated rings. The number of anilines is 1. The van der Waals surface area contributed by atoms with Crippen LogP contribution in [0.4, 0.5) is 5.69 Å². The van der Waals surface area contributed by atoms with E-state index >= 15 is 0 Å². The van der Waals surface area contributed by atoms with E-state index < -0.39 is 5.60 Å². The van der Waals surface area contributed by atoms with Crippen LogP contribution in [0.5, 0.6) is 5.88 Å². The van der Waals surface area contributed by atoms with Gasteiger partial charge in [0.1, 0.15) is 12.2 Å². The van der Waals surface area contributed by atoms with E-state index in [4.69, 9.17) is 14.2 Å². The Morgan fingerprint density at radius 2 is 1.92 bits per heavy atom. The second-order valence-corrected chi connectivity index (χ2v) is 6.90. The number of ether oxygens (including phenoxy) is 3. The fourth-order valence-corrected chi connectivity index (χ4v) is 3.28. The van der Waals surface area contributed by atoms with E-state index in [-0.39, 0.29) is 5.91 Å². The van der Waals surface area contributed by atoms with Crippen LogP contribution < -0.4 is 10.1 Å². The number of nitrogens with one attached hydrogen (secondary N) is 1. The third-order valence-corrected chi connectivity index (χ3v) is 4.72. The average Bonchev–Trinajstić information content (AvgIpc) is 2.88. The third-order valence-electron chi connectivity index (χ3n) is 4.72. The van der Waals surface area contributed by atoms with Gasteiger partial charge >= 0.3 is 0 Å². The van der Waals surface area contributed by atoms with Gasteiger partial charge in [0, 0.05) is 19.3 Å². The van der Waals surface area contributed by atoms with Crippen molar-refractivity contribution in [2.45, 2.75) is 64.4 Å². The number of nitrogens with zero attached hydrogens (tertiary/aromatic N) is 1. The van der Waals surface area contributed by atoms with E-state index in [0.29, 0.717) is 31.4 Å². The Bertz CT molecular complexity index is 569. The smallest absolute Gasteiger partial charge is 0.256 e. The summed E-state index contributed by atoms with van der Waals surface area (Å²) in [4.78, 5) is 17.4. The molecular weight excluding hydrogens is 332 g/mol. The maximum atomic E-state index is 13.0. The van der Waals surface area contributed by atoms with Crippen molar-refractivity contribution in [3.05, 3.63) is 17.8 Å². The molecule has 1 heterocycles. The molecule has 0 atom stereocenters. The molecule has 1 saturated carbocycles. The van der Waals surface area contributed by atoms with Gasteiger partial charge in [0.05, 0.1) is 18.5 Å². The van der Waals surface area contributed by atoms with Gasteiger partial charge in [-0.3, -0.25) is 4.79 Å². The molecule has 0 unspecified atom stereocenters. The molecule has 1 aromatic rings. The molecule has 1 aliphatic rings. The number of pyridine rings is 1. The van der Waals surface area contributed by atoms with Gasteiger partial charge in [0.2, 0.25) is 5.88 Å². The van der Waals surface area contributed by atoms with E-state index in [1.165, 1.54) is 12.8 Å². The minimum absolute atomic E-state index is 0.0536. The van der Waals surface area contributed by atoms with Crippen molar-refractivity contribution in [1.82, 2.24) is 4.98 Å². The van der Waals surface area contributed by atoms with Crippen LogP contribution in [0.1, 0.15) is 57.4 Å². The quantitative estimate of drug-likeness (QED) is 0.532. The maximum Gasteiger partial charge on any atom is 0.256 e. The van der Waals surface area contributed by atoms with Gasteiger partial charge in [0.25, 0.3) is 5.91 Å². The summed E-state index contributed by atoms with van der Waals surface area (Å²) < 4.78 is 16.6. The molecule has 2 rings (SSSR count). The molecule has 0 aliphatic heterocycles. The van der Waals surface area contributed by atoms with E-state index in [2.05, 4.69) is 17.2 Å². The fourth-order valence-electron chi connectivity index (χ4n) is 3.28. The molecule has 1 aliphatic carbocycles. The second-order valence-electron chi connectivity index (χ2n) is 6.90. The number of amides is 1. The summed E-state index contributed by atoms with van der Waals surface area (Å²) in [6.07, 6.45) is 8.49.